The summed E-state index contributed by atoms with van der Waals surface area (Å²) >= 11 is 0. The first-order chi connectivity index (χ1) is 11.1. The van der Waals surface area contributed by atoms with Crippen molar-refractivity contribution >= 4 is 22.8 Å². The standard InChI is InChI=1S/C17H21N3O3/c1-9(2)16-19-12-7-10(3-5-15(12)23-16)18-17(21)20-13-8-11-4-6-14(13)22-11/h3,5,7,9,11,13-14H,4,6,8H2,1-2H3,(H2,18,20,21)/t11-,13-,14-/m1/s1. The molecule has 3 atom stereocenters. The van der Waals surface area contributed by atoms with Crippen LogP contribution >= 0.6 is 0 Å². The number of carbonyl (C=O) groups excluding carboxylic acids is 1. The van der Waals surface area contributed by atoms with Gasteiger partial charge in [-0.3, -0.25) is 0 Å². The minimum Gasteiger partial charge on any atom is -0.440 e. The third-order valence-corrected chi connectivity index (χ3v) is 4.58. The Labute approximate surface area is 134 Å². The normalized spacial score (nSPS) is 26.1. The zero-order valence-electron chi connectivity index (χ0n) is 13.3. The minimum atomic E-state index is -0.196. The van der Waals surface area contributed by atoms with E-state index >= 15 is 0 Å². The molecule has 1 aromatic carbocycles. The van der Waals surface area contributed by atoms with E-state index in [4.69, 9.17) is 9.15 Å². The predicted molar refractivity (Wildman–Crippen MR) is 86.6 cm³/mol. The fraction of sp³-hybridized carbons (Fsp3) is 0.529. The van der Waals surface area contributed by atoms with Crippen molar-refractivity contribution in [2.75, 3.05) is 5.32 Å². The lowest BCUT2D eigenvalue weighted by atomic mass is 9.96. The smallest absolute Gasteiger partial charge is 0.319 e. The van der Waals surface area contributed by atoms with Crippen LogP contribution in [0.15, 0.2) is 22.6 Å². The summed E-state index contributed by atoms with van der Waals surface area (Å²) in [5.74, 6) is 0.945. The molecule has 2 amide bonds. The topological polar surface area (TPSA) is 76.4 Å². The lowest BCUT2D eigenvalue weighted by molar-refractivity contribution is 0.0984. The van der Waals surface area contributed by atoms with Crippen molar-refractivity contribution in [1.82, 2.24) is 10.3 Å². The number of aromatic nitrogens is 1. The molecule has 2 fully saturated rings. The van der Waals surface area contributed by atoms with Gasteiger partial charge in [0.1, 0.15) is 5.52 Å². The predicted octanol–water partition coefficient (Wildman–Crippen LogP) is 3.39. The van der Waals surface area contributed by atoms with Crippen molar-refractivity contribution in [3.05, 3.63) is 24.1 Å². The summed E-state index contributed by atoms with van der Waals surface area (Å²) in [6, 6.07) is 5.43. The van der Waals surface area contributed by atoms with Crippen molar-refractivity contribution in [1.29, 1.82) is 0 Å². The summed E-state index contributed by atoms with van der Waals surface area (Å²) in [6.45, 7) is 4.07. The summed E-state index contributed by atoms with van der Waals surface area (Å²) in [5, 5.41) is 5.88. The Morgan fingerprint density at radius 2 is 2.22 bits per heavy atom. The third kappa shape index (κ3) is 2.79. The van der Waals surface area contributed by atoms with Gasteiger partial charge in [0.2, 0.25) is 0 Å². The lowest BCUT2D eigenvalue weighted by Crippen LogP contribution is -2.43. The fourth-order valence-electron chi connectivity index (χ4n) is 3.40. The lowest BCUT2D eigenvalue weighted by Gasteiger charge is -2.20. The zero-order chi connectivity index (χ0) is 16.0. The second-order valence-electron chi connectivity index (χ2n) is 6.70. The molecule has 2 aromatic rings. The first kappa shape index (κ1) is 14.5. The van der Waals surface area contributed by atoms with Crippen LogP contribution in [0.3, 0.4) is 0 Å². The van der Waals surface area contributed by atoms with Crippen molar-refractivity contribution in [2.45, 2.75) is 57.3 Å². The molecule has 2 saturated heterocycles. The maximum absolute atomic E-state index is 12.2. The van der Waals surface area contributed by atoms with Gasteiger partial charge in [-0.2, -0.15) is 0 Å². The number of amides is 2. The van der Waals surface area contributed by atoms with Crippen LogP contribution in [0.4, 0.5) is 10.5 Å². The molecule has 6 nitrogen and oxygen atoms in total. The molecule has 0 unspecified atom stereocenters. The molecular formula is C17H21N3O3. The summed E-state index contributed by atoms with van der Waals surface area (Å²) in [7, 11) is 0. The van der Waals surface area contributed by atoms with Crippen LogP contribution in [0.5, 0.6) is 0 Å². The van der Waals surface area contributed by atoms with Gasteiger partial charge < -0.3 is 19.8 Å². The summed E-state index contributed by atoms with van der Waals surface area (Å²) in [5.41, 5.74) is 2.21. The number of ether oxygens (including phenoxy) is 1. The second-order valence-corrected chi connectivity index (χ2v) is 6.70. The molecule has 0 spiro atoms. The van der Waals surface area contributed by atoms with Crippen molar-refractivity contribution in [3.8, 4) is 0 Å². The largest absolute Gasteiger partial charge is 0.440 e. The summed E-state index contributed by atoms with van der Waals surface area (Å²) in [6.07, 6.45) is 3.57. The Balaban J connectivity index is 1.43. The first-order valence-electron chi connectivity index (χ1n) is 8.22. The van der Waals surface area contributed by atoms with Gasteiger partial charge in [-0.25, -0.2) is 9.78 Å². The minimum absolute atomic E-state index is 0.122. The Morgan fingerprint density at radius 1 is 1.35 bits per heavy atom. The Morgan fingerprint density at radius 3 is 2.91 bits per heavy atom. The number of rotatable bonds is 3. The third-order valence-electron chi connectivity index (χ3n) is 4.58. The van der Waals surface area contributed by atoms with E-state index in [9.17, 15) is 4.79 Å². The number of oxazole rings is 1. The number of nitrogens with one attached hydrogen (secondary N) is 2. The number of carbonyl (C=O) groups is 1. The molecular weight excluding hydrogens is 294 g/mol. The van der Waals surface area contributed by atoms with E-state index in [1.54, 1.807) is 0 Å². The van der Waals surface area contributed by atoms with Crippen molar-refractivity contribution in [3.63, 3.8) is 0 Å². The highest BCUT2D eigenvalue weighted by molar-refractivity contribution is 5.91. The SMILES string of the molecule is CC(C)c1nc2cc(NC(=O)N[C@@H]3C[C@H]4CC[C@H]3O4)ccc2o1. The van der Waals surface area contributed by atoms with E-state index in [0.717, 1.165) is 30.4 Å². The van der Waals surface area contributed by atoms with Gasteiger partial charge in [-0.05, 0) is 37.5 Å². The Hall–Kier alpha value is -2.08. The molecule has 4 rings (SSSR count). The Kier molecular flexibility index (Phi) is 3.49. The van der Waals surface area contributed by atoms with Crippen LogP contribution < -0.4 is 10.6 Å². The van der Waals surface area contributed by atoms with Gasteiger partial charge in [0, 0.05) is 11.6 Å². The molecule has 0 saturated carbocycles. The number of fused-ring (bicyclic) bond motifs is 3. The number of hydrogen-bond acceptors (Lipinski definition) is 4. The molecule has 2 aliphatic heterocycles. The van der Waals surface area contributed by atoms with Crippen LogP contribution in [0, 0.1) is 0 Å². The first-order valence-corrected chi connectivity index (χ1v) is 8.22. The van der Waals surface area contributed by atoms with Crippen LogP contribution in [-0.2, 0) is 4.74 Å². The summed E-state index contributed by atoms with van der Waals surface area (Å²) < 4.78 is 11.4. The molecule has 0 aliphatic carbocycles. The molecule has 2 bridgehead atoms. The number of nitrogens with zero attached hydrogens (tertiary/aromatic N) is 1. The number of urea groups is 1. The average Bonchev–Trinajstić information content (AvgIpc) is 3.20. The molecule has 122 valence electrons. The maximum atomic E-state index is 12.2. The van der Waals surface area contributed by atoms with E-state index in [0.29, 0.717) is 17.7 Å². The summed E-state index contributed by atoms with van der Waals surface area (Å²) in [4.78, 5) is 16.6. The van der Waals surface area contributed by atoms with Crippen LogP contribution in [0.25, 0.3) is 11.1 Å². The monoisotopic (exact) mass is 315 g/mol. The van der Waals surface area contributed by atoms with E-state index in [2.05, 4.69) is 15.6 Å². The number of anilines is 1. The average molecular weight is 315 g/mol. The van der Waals surface area contributed by atoms with Crippen molar-refractivity contribution in [2.24, 2.45) is 0 Å². The van der Waals surface area contributed by atoms with Gasteiger partial charge in [-0.15, -0.1) is 0 Å². The molecule has 3 heterocycles. The van der Waals surface area contributed by atoms with Crippen LogP contribution in [0.1, 0.15) is 44.9 Å². The molecule has 23 heavy (non-hydrogen) atoms. The number of hydrogen-bond donors (Lipinski definition) is 2. The molecule has 1 aromatic heterocycles. The van der Waals surface area contributed by atoms with Gasteiger partial charge in [0.25, 0.3) is 0 Å². The quantitative estimate of drug-likeness (QED) is 0.910. The van der Waals surface area contributed by atoms with Gasteiger partial charge >= 0.3 is 6.03 Å². The highest BCUT2D eigenvalue weighted by Gasteiger charge is 2.41. The molecule has 2 N–H and O–H groups in total. The van der Waals surface area contributed by atoms with Gasteiger partial charge in [0.05, 0.1) is 18.2 Å². The zero-order valence-corrected chi connectivity index (χ0v) is 13.3. The molecule has 6 heteroatoms. The number of benzene rings is 1. The second kappa shape index (κ2) is 5.53. The van der Waals surface area contributed by atoms with Crippen molar-refractivity contribution < 1.29 is 13.9 Å². The van der Waals surface area contributed by atoms with E-state index in [1.165, 1.54) is 0 Å². The molecule has 2 aliphatic rings. The van der Waals surface area contributed by atoms with Crippen LogP contribution in [0.2, 0.25) is 0 Å². The van der Waals surface area contributed by atoms with E-state index < -0.39 is 0 Å². The fourth-order valence-corrected chi connectivity index (χ4v) is 3.40. The van der Waals surface area contributed by atoms with Crippen LogP contribution in [-0.4, -0.2) is 29.3 Å². The highest BCUT2D eigenvalue weighted by atomic mass is 16.5. The molecule has 0 radical (unpaired) electrons. The Bertz CT molecular complexity index is 740. The van der Waals surface area contributed by atoms with E-state index in [-0.39, 0.29) is 24.1 Å². The maximum Gasteiger partial charge on any atom is 0.319 e. The van der Waals surface area contributed by atoms with Gasteiger partial charge in [-0.1, -0.05) is 13.8 Å². The van der Waals surface area contributed by atoms with Gasteiger partial charge in [0.15, 0.2) is 11.5 Å². The highest BCUT2D eigenvalue weighted by Crippen LogP contribution is 2.34. The van der Waals surface area contributed by atoms with E-state index in [1.807, 2.05) is 32.0 Å².